The fourth-order valence-electron chi connectivity index (χ4n) is 1.58. The first-order valence-corrected chi connectivity index (χ1v) is 5.37. The lowest BCUT2D eigenvalue weighted by atomic mass is 10.1. The Morgan fingerprint density at radius 2 is 1.93 bits per heavy atom. The lowest BCUT2D eigenvalue weighted by molar-refractivity contribution is -0.177. The predicted octanol–water partition coefficient (Wildman–Crippen LogP) is 2.10. The van der Waals surface area contributed by atoms with Crippen LogP contribution in [-0.2, 0) is 4.74 Å². The van der Waals surface area contributed by atoms with Crippen LogP contribution < -0.4 is 5.32 Å². The maximum atomic E-state index is 11.8. The highest BCUT2D eigenvalue weighted by Gasteiger charge is 2.44. The van der Waals surface area contributed by atoms with E-state index in [0.717, 1.165) is 19.4 Å². The van der Waals surface area contributed by atoms with Gasteiger partial charge in [0.25, 0.3) is 0 Å². The van der Waals surface area contributed by atoms with Gasteiger partial charge in [-0.05, 0) is 25.7 Å². The minimum absolute atomic E-state index is 0.00778. The van der Waals surface area contributed by atoms with Gasteiger partial charge in [-0.25, -0.2) is 0 Å². The Morgan fingerprint density at radius 3 is 2.40 bits per heavy atom. The van der Waals surface area contributed by atoms with E-state index in [-0.39, 0.29) is 12.0 Å². The van der Waals surface area contributed by atoms with E-state index < -0.39 is 12.8 Å². The summed E-state index contributed by atoms with van der Waals surface area (Å²) in [5.41, 5.74) is 0.00778. The molecule has 2 fully saturated rings. The molecular formula is C10H16F3NO. The average molecular weight is 223 g/mol. The van der Waals surface area contributed by atoms with Crippen LogP contribution >= 0.6 is 0 Å². The fraction of sp³-hybridized carbons (Fsp3) is 1.00. The molecule has 0 radical (unpaired) electrons. The fourth-order valence-corrected chi connectivity index (χ4v) is 1.58. The number of rotatable bonds is 6. The second-order valence-electron chi connectivity index (χ2n) is 4.76. The van der Waals surface area contributed by atoms with Crippen molar-refractivity contribution in [2.24, 2.45) is 5.41 Å². The van der Waals surface area contributed by atoms with E-state index in [4.69, 9.17) is 4.74 Å². The van der Waals surface area contributed by atoms with Gasteiger partial charge in [-0.1, -0.05) is 0 Å². The summed E-state index contributed by atoms with van der Waals surface area (Å²) < 4.78 is 40.2. The molecular weight excluding hydrogens is 207 g/mol. The summed E-state index contributed by atoms with van der Waals surface area (Å²) in [5.74, 6) is 0. The van der Waals surface area contributed by atoms with Crippen molar-refractivity contribution < 1.29 is 17.9 Å². The van der Waals surface area contributed by atoms with Gasteiger partial charge in [0.1, 0.15) is 6.61 Å². The molecule has 0 atom stereocenters. The Kier molecular flexibility index (Phi) is 2.94. The summed E-state index contributed by atoms with van der Waals surface area (Å²) in [5, 5.41) is 3.35. The summed E-state index contributed by atoms with van der Waals surface area (Å²) in [4.78, 5) is 0. The molecule has 0 aromatic heterocycles. The van der Waals surface area contributed by atoms with Crippen molar-refractivity contribution in [2.45, 2.75) is 37.9 Å². The van der Waals surface area contributed by atoms with Crippen LogP contribution in [0.3, 0.4) is 0 Å². The molecule has 2 nitrogen and oxygen atoms in total. The number of alkyl halides is 3. The summed E-state index contributed by atoms with van der Waals surface area (Å²) in [7, 11) is 0. The van der Waals surface area contributed by atoms with E-state index in [1.165, 1.54) is 12.8 Å². The van der Waals surface area contributed by atoms with Gasteiger partial charge in [0, 0.05) is 18.0 Å². The third-order valence-electron chi connectivity index (χ3n) is 2.97. The van der Waals surface area contributed by atoms with Crippen molar-refractivity contribution in [2.75, 3.05) is 19.8 Å². The SMILES string of the molecule is FC(F)(F)COCC1(CNC2CC2)CC1. The molecule has 0 unspecified atom stereocenters. The number of hydrogen-bond acceptors (Lipinski definition) is 2. The molecule has 88 valence electrons. The van der Waals surface area contributed by atoms with Crippen LogP contribution in [0.4, 0.5) is 13.2 Å². The van der Waals surface area contributed by atoms with Crippen molar-refractivity contribution in [1.82, 2.24) is 5.32 Å². The zero-order valence-corrected chi connectivity index (χ0v) is 8.57. The molecule has 5 heteroatoms. The van der Waals surface area contributed by atoms with Crippen molar-refractivity contribution in [3.05, 3.63) is 0 Å². The van der Waals surface area contributed by atoms with E-state index in [2.05, 4.69) is 5.32 Å². The largest absolute Gasteiger partial charge is 0.411 e. The van der Waals surface area contributed by atoms with Crippen LogP contribution in [0, 0.1) is 5.41 Å². The highest BCUT2D eigenvalue weighted by atomic mass is 19.4. The first-order chi connectivity index (χ1) is 6.99. The molecule has 2 aliphatic carbocycles. The summed E-state index contributed by atoms with van der Waals surface area (Å²) in [6, 6.07) is 0.616. The number of halogens is 3. The Labute approximate surface area is 87.2 Å². The second-order valence-corrected chi connectivity index (χ2v) is 4.76. The van der Waals surface area contributed by atoms with Crippen LogP contribution in [0.5, 0.6) is 0 Å². The molecule has 0 aliphatic heterocycles. The van der Waals surface area contributed by atoms with Crippen LogP contribution in [-0.4, -0.2) is 32.0 Å². The molecule has 0 spiro atoms. The Morgan fingerprint density at radius 1 is 1.27 bits per heavy atom. The maximum absolute atomic E-state index is 11.8. The van der Waals surface area contributed by atoms with E-state index in [0.29, 0.717) is 6.04 Å². The highest BCUT2D eigenvalue weighted by Crippen LogP contribution is 2.45. The van der Waals surface area contributed by atoms with Gasteiger partial charge in [-0.2, -0.15) is 13.2 Å². The standard InChI is InChI=1S/C10H16F3NO/c11-10(12,13)7-15-6-9(3-4-9)5-14-8-1-2-8/h8,14H,1-7H2. The smallest absolute Gasteiger partial charge is 0.371 e. The van der Waals surface area contributed by atoms with Gasteiger partial charge in [0.2, 0.25) is 0 Å². The molecule has 2 rings (SSSR count). The third-order valence-corrected chi connectivity index (χ3v) is 2.97. The third kappa shape index (κ3) is 3.99. The van der Waals surface area contributed by atoms with Crippen molar-refractivity contribution in [1.29, 1.82) is 0 Å². The quantitative estimate of drug-likeness (QED) is 0.744. The Balaban J connectivity index is 1.60. The van der Waals surface area contributed by atoms with Gasteiger partial charge in [0.15, 0.2) is 0 Å². The molecule has 2 saturated carbocycles. The van der Waals surface area contributed by atoms with Crippen LogP contribution in [0.25, 0.3) is 0 Å². The number of ether oxygens (including phenoxy) is 1. The lowest BCUT2D eigenvalue weighted by Gasteiger charge is -2.16. The van der Waals surface area contributed by atoms with Gasteiger partial charge in [-0.3, -0.25) is 0 Å². The number of hydrogen-bond donors (Lipinski definition) is 1. The molecule has 0 saturated heterocycles. The van der Waals surface area contributed by atoms with E-state index in [1.54, 1.807) is 0 Å². The van der Waals surface area contributed by atoms with Crippen molar-refractivity contribution >= 4 is 0 Å². The van der Waals surface area contributed by atoms with Gasteiger partial charge >= 0.3 is 6.18 Å². The Bertz CT molecular complexity index is 221. The predicted molar refractivity (Wildman–Crippen MR) is 49.6 cm³/mol. The zero-order valence-electron chi connectivity index (χ0n) is 8.57. The van der Waals surface area contributed by atoms with Crippen LogP contribution in [0.1, 0.15) is 25.7 Å². The van der Waals surface area contributed by atoms with E-state index in [1.807, 2.05) is 0 Å². The van der Waals surface area contributed by atoms with Gasteiger partial charge < -0.3 is 10.1 Å². The van der Waals surface area contributed by atoms with Crippen LogP contribution in [0.15, 0.2) is 0 Å². The monoisotopic (exact) mass is 223 g/mol. The molecule has 15 heavy (non-hydrogen) atoms. The molecule has 0 aromatic carbocycles. The summed E-state index contributed by atoms with van der Waals surface area (Å²) in [6.45, 7) is -0.0556. The minimum atomic E-state index is -4.19. The molecule has 0 amide bonds. The van der Waals surface area contributed by atoms with E-state index >= 15 is 0 Å². The van der Waals surface area contributed by atoms with Gasteiger partial charge in [-0.15, -0.1) is 0 Å². The normalized spacial score (nSPS) is 24.2. The molecule has 0 aromatic rings. The first-order valence-electron chi connectivity index (χ1n) is 5.37. The minimum Gasteiger partial charge on any atom is -0.371 e. The maximum Gasteiger partial charge on any atom is 0.411 e. The molecule has 0 heterocycles. The summed E-state index contributed by atoms with van der Waals surface area (Å²) in [6.07, 6.45) is 0.203. The zero-order chi connectivity index (χ0) is 10.9. The van der Waals surface area contributed by atoms with Crippen LogP contribution in [0.2, 0.25) is 0 Å². The van der Waals surface area contributed by atoms with E-state index in [9.17, 15) is 13.2 Å². The highest BCUT2D eigenvalue weighted by molar-refractivity contribution is 4.97. The Hall–Kier alpha value is -0.290. The summed E-state index contributed by atoms with van der Waals surface area (Å²) >= 11 is 0. The van der Waals surface area contributed by atoms with Crippen molar-refractivity contribution in [3.8, 4) is 0 Å². The molecule has 2 aliphatic rings. The second kappa shape index (κ2) is 3.94. The average Bonchev–Trinajstić information content (AvgIpc) is 2.96. The molecule has 0 bridgehead atoms. The lowest BCUT2D eigenvalue weighted by Crippen LogP contribution is -2.30. The van der Waals surface area contributed by atoms with Crippen molar-refractivity contribution in [3.63, 3.8) is 0 Å². The topological polar surface area (TPSA) is 21.3 Å². The first kappa shape index (κ1) is 11.2. The number of nitrogens with one attached hydrogen (secondary N) is 1. The molecule has 1 N–H and O–H groups in total. The van der Waals surface area contributed by atoms with Gasteiger partial charge in [0.05, 0.1) is 6.61 Å².